The summed E-state index contributed by atoms with van der Waals surface area (Å²) in [6, 6.07) is 6.25. The molecule has 2 aromatic rings. The fourth-order valence-electron chi connectivity index (χ4n) is 2.04. The molecule has 3 nitrogen and oxygen atoms in total. The number of nitrogens with zero attached hydrogens (tertiary/aromatic N) is 2. The zero-order valence-corrected chi connectivity index (χ0v) is 10.2. The number of benzene rings is 1. The van der Waals surface area contributed by atoms with Crippen LogP contribution in [0.3, 0.4) is 0 Å². The highest BCUT2D eigenvalue weighted by atomic mass is 16.1. The topological polar surface area (TPSA) is 34.9 Å². The smallest absolute Gasteiger partial charge is 0.156 e. The molecule has 0 unspecified atom stereocenters. The Morgan fingerprint density at radius 3 is 2.53 bits per heavy atom. The molecule has 0 aliphatic heterocycles. The van der Waals surface area contributed by atoms with E-state index in [0.29, 0.717) is 13.0 Å². The summed E-state index contributed by atoms with van der Waals surface area (Å²) in [6.45, 7) is 4.50. The number of rotatable bonds is 4. The van der Waals surface area contributed by atoms with Gasteiger partial charge in [-0.2, -0.15) is 0 Å². The molecule has 0 aliphatic carbocycles. The molecule has 1 aromatic carbocycles. The van der Waals surface area contributed by atoms with Crippen LogP contribution >= 0.6 is 0 Å². The van der Waals surface area contributed by atoms with E-state index < -0.39 is 0 Å². The van der Waals surface area contributed by atoms with Crippen molar-refractivity contribution in [2.45, 2.75) is 26.8 Å². The first kappa shape index (κ1) is 11.6. The van der Waals surface area contributed by atoms with E-state index in [-0.39, 0.29) is 5.78 Å². The van der Waals surface area contributed by atoms with Gasteiger partial charge in [-0.05, 0) is 19.4 Å². The molecule has 0 N–H and O–H groups in total. The zero-order chi connectivity index (χ0) is 12.3. The first-order chi connectivity index (χ1) is 8.13. The molecule has 0 saturated heterocycles. The Morgan fingerprint density at radius 1 is 1.24 bits per heavy atom. The van der Waals surface area contributed by atoms with E-state index in [0.717, 1.165) is 5.56 Å². The van der Waals surface area contributed by atoms with Gasteiger partial charge in [-0.15, -0.1) is 0 Å². The minimum absolute atomic E-state index is 0.202. The Balaban J connectivity index is 2.03. The molecule has 0 bridgehead atoms. The summed E-state index contributed by atoms with van der Waals surface area (Å²) in [5.41, 5.74) is 3.50. The van der Waals surface area contributed by atoms with Crippen LogP contribution in [0.5, 0.6) is 0 Å². The van der Waals surface area contributed by atoms with Crippen molar-refractivity contribution in [2.24, 2.45) is 0 Å². The number of carbonyl (C=O) groups excluding carboxylic acids is 1. The van der Waals surface area contributed by atoms with Gasteiger partial charge in [0.2, 0.25) is 0 Å². The fraction of sp³-hybridized carbons (Fsp3) is 0.286. The average molecular weight is 228 g/mol. The van der Waals surface area contributed by atoms with Crippen molar-refractivity contribution in [1.82, 2.24) is 9.55 Å². The lowest BCUT2D eigenvalue weighted by Gasteiger charge is -2.05. The third-order valence-corrected chi connectivity index (χ3v) is 2.60. The molecule has 0 spiro atoms. The lowest BCUT2D eigenvalue weighted by atomic mass is 10.0. The quantitative estimate of drug-likeness (QED) is 0.805. The predicted octanol–water partition coefficient (Wildman–Crippen LogP) is 2.31. The van der Waals surface area contributed by atoms with Crippen LogP contribution in [0.15, 0.2) is 36.9 Å². The van der Waals surface area contributed by atoms with Crippen LogP contribution < -0.4 is 0 Å². The Kier molecular flexibility index (Phi) is 3.38. The van der Waals surface area contributed by atoms with E-state index in [1.54, 1.807) is 23.3 Å². The van der Waals surface area contributed by atoms with Crippen molar-refractivity contribution in [3.63, 3.8) is 0 Å². The third-order valence-electron chi connectivity index (χ3n) is 2.60. The molecule has 3 heteroatoms. The molecule has 0 amide bonds. The molecular weight excluding hydrogens is 212 g/mol. The van der Waals surface area contributed by atoms with Gasteiger partial charge in [0.25, 0.3) is 0 Å². The number of Topliss-reactive ketones (excluding diaryl/α,β-unsaturated/α-hetero) is 1. The van der Waals surface area contributed by atoms with Gasteiger partial charge in [0.15, 0.2) is 5.78 Å². The van der Waals surface area contributed by atoms with Gasteiger partial charge in [0.05, 0.1) is 12.9 Å². The second-order valence-electron chi connectivity index (χ2n) is 4.45. The van der Waals surface area contributed by atoms with Gasteiger partial charge in [0, 0.05) is 18.8 Å². The lowest BCUT2D eigenvalue weighted by Crippen LogP contribution is -2.11. The molecule has 0 aliphatic rings. The molecular formula is C14H16N2O. The van der Waals surface area contributed by atoms with E-state index in [1.165, 1.54) is 11.1 Å². The van der Waals surface area contributed by atoms with Crippen molar-refractivity contribution in [3.05, 3.63) is 53.6 Å². The van der Waals surface area contributed by atoms with Gasteiger partial charge in [0.1, 0.15) is 0 Å². The van der Waals surface area contributed by atoms with Gasteiger partial charge < -0.3 is 4.57 Å². The summed E-state index contributed by atoms with van der Waals surface area (Å²) in [7, 11) is 0. The normalized spacial score (nSPS) is 10.5. The fourth-order valence-corrected chi connectivity index (χ4v) is 2.04. The van der Waals surface area contributed by atoms with Crippen molar-refractivity contribution in [3.8, 4) is 0 Å². The van der Waals surface area contributed by atoms with E-state index in [4.69, 9.17) is 0 Å². The maximum absolute atomic E-state index is 11.9. The second-order valence-corrected chi connectivity index (χ2v) is 4.45. The highest BCUT2D eigenvalue weighted by Crippen LogP contribution is 2.10. The molecule has 88 valence electrons. The number of carbonyl (C=O) groups is 1. The molecule has 2 rings (SSSR count). The van der Waals surface area contributed by atoms with Crippen LogP contribution in [0.4, 0.5) is 0 Å². The van der Waals surface area contributed by atoms with Crippen LogP contribution in [0.2, 0.25) is 0 Å². The number of ketones is 1. The lowest BCUT2D eigenvalue weighted by molar-refractivity contribution is -0.119. The third kappa shape index (κ3) is 3.28. The largest absolute Gasteiger partial charge is 0.330 e. The second kappa shape index (κ2) is 4.95. The van der Waals surface area contributed by atoms with Crippen LogP contribution in [-0.2, 0) is 17.8 Å². The number of hydrogen-bond acceptors (Lipinski definition) is 2. The summed E-state index contributed by atoms with van der Waals surface area (Å²) < 4.78 is 1.80. The van der Waals surface area contributed by atoms with Gasteiger partial charge in [-0.1, -0.05) is 29.3 Å². The van der Waals surface area contributed by atoms with Gasteiger partial charge in [-0.3, -0.25) is 4.79 Å². The molecule has 0 radical (unpaired) electrons. The molecule has 0 fully saturated rings. The Hall–Kier alpha value is -1.90. The van der Waals surface area contributed by atoms with Crippen molar-refractivity contribution < 1.29 is 4.79 Å². The SMILES string of the molecule is Cc1cc(C)cc(CC(=O)Cn2ccnc2)c1. The van der Waals surface area contributed by atoms with Crippen molar-refractivity contribution in [2.75, 3.05) is 0 Å². The molecule has 1 heterocycles. The summed E-state index contributed by atoms with van der Waals surface area (Å²) in [5, 5.41) is 0. The van der Waals surface area contributed by atoms with E-state index >= 15 is 0 Å². The predicted molar refractivity (Wildman–Crippen MR) is 66.9 cm³/mol. The minimum Gasteiger partial charge on any atom is -0.330 e. The summed E-state index contributed by atoms with van der Waals surface area (Å²) >= 11 is 0. The minimum atomic E-state index is 0.202. The molecule has 17 heavy (non-hydrogen) atoms. The van der Waals surface area contributed by atoms with Crippen LogP contribution in [-0.4, -0.2) is 15.3 Å². The average Bonchev–Trinajstić information content (AvgIpc) is 2.67. The van der Waals surface area contributed by atoms with Crippen LogP contribution in [0, 0.1) is 13.8 Å². The molecule has 0 atom stereocenters. The van der Waals surface area contributed by atoms with Crippen molar-refractivity contribution >= 4 is 5.78 Å². The van der Waals surface area contributed by atoms with Crippen LogP contribution in [0.1, 0.15) is 16.7 Å². The summed E-state index contributed by atoms with van der Waals surface area (Å²) in [6.07, 6.45) is 5.64. The van der Waals surface area contributed by atoms with Gasteiger partial charge in [-0.25, -0.2) is 4.98 Å². The number of imidazole rings is 1. The Labute approximate surface area is 101 Å². The first-order valence-electron chi connectivity index (χ1n) is 5.68. The summed E-state index contributed by atoms with van der Waals surface area (Å²) in [4.78, 5) is 15.8. The van der Waals surface area contributed by atoms with Crippen molar-refractivity contribution in [1.29, 1.82) is 0 Å². The maximum atomic E-state index is 11.9. The Bertz CT molecular complexity index is 495. The number of aromatic nitrogens is 2. The van der Waals surface area contributed by atoms with E-state index in [9.17, 15) is 4.79 Å². The van der Waals surface area contributed by atoms with Gasteiger partial charge >= 0.3 is 0 Å². The molecule has 1 aromatic heterocycles. The maximum Gasteiger partial charge on any atom is 0.156 e. The first-order valence-corrected chi connectivity index (χ1v) is 5.68. The Morgan fingerprint density at radius 2 is 1.94 bits per heavy atom. The number of aryl methyl sites for hydroxylation is 2. The standard InChI is InChI=1S/C14H16N2O/c1-11-5-12(2)7-13(6-11)8-14(17)9-16-4-3-15-10-16/h3-7,10H,8-9H2,1-2H3. The monoisotopic (exact) mass is 228 g/mol. The highest BCUT2D eigenvalue weighted by molar-refractivity contribution is 5.80. The summed E-state index contributed by atoms with van der Waals surface area (Å²) in [5.74, 6) is 0.202. The highest BCUT2D eigenvalue weighted by Gasteiger charge is 2.05. The van der Waals surface area contributed by atoms with Crippen LogP contribution in [0.25, 0.3) is 0 Å². The number of hydrogen-bond donors (Lipinski definition) is 0. The molecule has 0 saturated carbocycles. The van der Waals surface area contributed by atoms with E-state index in [2.05, 4.69) is 37.0 Å². The van der Waals surface area contributed by atoms with E-state index in [1.807, 2.05) is 0 Å². The zero-order valence-electron chi connectivity index (χ0n) is 10.2.